The molecule has 4 aromatic rings. The third-order valence-corrected chi connectivity index (χ3v) is 9.25. The molecule has 1 aliphatic rings. The zero-order valence-corrected chi connectivity index (χ0v) is 28.2. The first-order valence-electron chi connectivity index (χ1n) is 17.4. The van der Waals surface area contributed by atoms with Gasteiger partial charge in [0.05, 0.1) is 12.1 Å². The first kappa shape index (κ1) is 35.0. The Morgan fingerprint density at radius 3 is 2.19 bits per heavy atom. The van der Waals surface area contributed by atoms with Crippen LogP contribution in [0, 0.1) is 5.92 Å². The maximum atomic E-state index is 13.4. The largest absolute Gasteiger partial charge is 0.490 e. The molecule has 0 aliphatic carbocycles. The summed E-state index contributed by atoms with van der Waals surface area (Å²) in [7, 11) is 1.83. The van der Waals surface area contributed by atoms with Crippen molar-refractivity contribution in [2.75, 3.05) is 39.8 Å². The van der Waals surface area contributed by atoms with Crippen LogP contribution in [0.1, 0.15) is 49.7 Å². The number of likely N-dealkylation sites (tertiary alicyclic amines) is 1. The van der Waals surface area contributed by atoms with Gasteiger partial charge in [0.2, 0.25) is 11.8 Å². The number of carbonyl (C=O) groups excluding carboxylic acids is 2. The van der Waals surface area contributed by atoms with Crippen LogP contribution < -0.4 is 10.1 Å². The minimum Gasteiger partial charge on any atom is -0.490 e. The van der Waals surface area contributed by atoms with Crippen molar-refractivity contribution in [3.63, 3.8) is 0 Å². The number of hydrogen-bond donors (Lipinski definition) is 2. The van der Waals surface area contributed by atoms with Crippen molar-refractivity contribution in [2.24, 2.45) is 5.92 Å². The molecule has 8 heteroatoms. The predicted octanol–water partition coefficient (Wildman–Crippen LogP) is 5.68. The first-order valence-corrected chi connectivity index (χ1v) is 17.4. The molecular weight excluding hydrogens is 600 g/mol. The van der Waals surface area contributed by atoms with Gasteiger partial charge in [0.25, 0.3) is 0 Å². The van der Waals surface area contributed by atoms with Crippen LogP contribution in [0.15, 0.2) is 97.2 Å². The zero-order chi connectivity index (χ0) is 33.6. The number of benzene rings is 3. The number of aliphatic hydroxyl groups is 1. The number of hydrogen-bond acceptors (Lipinski definition) is 6. The molecule has 8 nitrogen and oxygen atoms in total. The second-order valence-corrected chi connectivity index (χ2v) is 13.1. The van der Waals surface area contributed by atoms with Crippen LogP contribution in [0.2, 0.25) is 0 Å². The Kier molecular flexibility index (Phi) is 13.4. The van der Waals surface area contributed by atoms with Gasteiger partial charge in [-0.05, 0) is 93.8 Å². The first-order chi connectivity index (χ1) is 23.4. The summed E-state index contributed by atoms with van der Waals surface area (Å²) in [6.07, 6.45) is 8.30. The summed E-state index contributed by atoms with van der Waals surface area (Å²) in [4.78, 5) is 34.6. The fourth-order valence-corrected chi connectivity index (χ4v) is 6.59. The van der Waals surface area contributed by atoms with Crippen LogP contribution in [-0.2, 0) is 22.4 Å². The van der Waals surface area contributed by atoms with Gasteiger partial charge in [-0.2, -0.15) is 0 Å². The average Bonchev–Trinajstić information content (AvgIpc) is 3.11. The number of aromatic nitrogens is 1. The topological polar surface area (TPSA) is 95.0 Å². The van der Waals surface area contributed by atoms with E-state index in [2.05, 4.69) is 58.8 Å². The van der Waals surface area contributed by atoms with Crippen LogP contribution in [0.25, 0.3) is 10.9 Å². The van der Waals surface area contributed by atoms with Crippen LogP contribution in [0.5, 0.6) is 5.75 Å². The fourth-order valence-electron chi connectivity index (χ4n) is 6.59. The molecular formula is C40H50N4O4. The molecule has 1 aliphatic heterocycles. The maximum Gasteiger partial charge on any atom is 0.236 e. The zero-order valence-electron chi connectivity index (χ0n) is 28.2. The lowest BCUT2D eigenvalue weighted by Gasteiger charge is -2.33. The van der Waals surface area contributed by atoms with Gasteiger partial charge < -0.3 is 20.1 Å². The summed E-state index contributed by atoms with van der Waals surface area (Å²) in [5, 5.41) is 14.9. The molecule has 5 rings (SSSR count). The minimum atomic E-state index is -0.752. The number of pyridine rings is 1. The molecule has 2 amide bonds. The van der Waals surface area contributed by atoms with Crippen molar-refractivity contribution in [3.8, 4) is 5.75 Å². The van der Waals surface area contributed by atoms with Gasteiger partial charge in [0.15, 0.2) is 0 Å². The third-order valence-electron chi connectivity index (χ3n) is 9.25. The number of piperidine rings is 1. The lowest BCUT2D eigenvalue weighted by molar-refractivity contribution is -0.136. The minimum absolute atomic E-state index is 0.0179. The Labute approximate surface area is 285 Å². The molecule has 2 heterocycles. The summed E-state index contributed by atoms with van der Waals surface area (Å²) >= 11 is 0. The highest BCUT2D eigenvalue weighted by Crippen LogP contribution is 2.24. The Morgan fingerprint density at radius 2 is 1.54 bits per heavy atom. The average molecular weight is 651 g/mol. The lowest BCUT2D eigenvalue weighted by atomic mass is 9.94. The Hall–Kier alpha value is -4.27. The van der Waals surface area contributed by atoms with Crippen molar-refractivity contribution in [1.29, 1.82) is 0 Å². The molecule has 0 bridgehead atoms. The van der Waals surface area contributed by atoms with E-state index in [1.165, 1.54) is 11.1 Å². The van der Waals surface area contributed by atoms with Gasteiger partial charge in [-0.15, -0.1) is 0 Å². The van der Waals surface area contributed by atoms with Gasteiger partial charge in [-0.25, -0.2) is 0 Å². The molecule has 48 heavy (non-hydrogen) atoms. The molecule has 1 atom stereocenters. The van der Waals surface area contributed by atoms with E-state index in [-0.39, 0.29) is 36.9 Å². The number of nitrogens with zero attached hydrogens (tertiary/aromatic N) is 3. The van der Waals surface area contributed by atoms with Crippen molar-refractivity contribution >= 4 is 22.7 Å². The van der Waals surface area contributed by atoms with E-state index in [4.69, 9.17) is 4.74 Å². The summed E-state index contributed by atoms with van der Waals surface area (Å²) in [6, 6.07) is 30.7. The van der Waals surface area contributed by atoms with E-state index in [0.29, 0.717) is 38.2 Å². The van der Waals surface area contributed by atoms with Crippen LogP contribution in [-0.4, -0.2) is 83.7 Å². The lowest BCUT2D eigenvalue weighted by Crippen LogP contribution is -2.48. The third kappa shape index (κ3) is 10.9. The molecule has 2 N–H and O–H groups in total. The van der Waals surface area contributed by atoms with Crippen LogP contribution in [0.3, 0.4) is 0 Å². The molecule has 0 spiro atoms. The highest BCUT2D eigenvalue weighted by Gasteiger charge is 2.29. The van der Waals surface area contributed by atoms with Gasteiger partial charge in [0, 0.05) is 43.2 Å². The highest BCUT2D eigenvalue weighted by atomic mass is 16.5. The maximum absolute atomic E-state index is 13.4. The summed E-state index contributed by atoms with van der Waals surface area (Å²) in [5.74, 6) is 0.731. The van der Waals surface area contributed by atoms with E-state index in [0.717, 1.165) is 49.4 Å². The second-order valence-electron chi connectivity index (χ2n) is 13.1. The van der Waals surface area contributed by atoms with Gasteiger partial charge in [-0.1, -0.05) is 66.7 Å². The monoisotopic (exact) mass is 650 g/mol. The Balaban J connectivity index is 1.03. The summed E-state index contributed by atoms with van der Waals surface area (Å²) in [5.41, 5.74) is 3.50. The number of ether oxygens (including phenoxy) is 1. The molecule has 0 saturated carbocycles. The standard InChI is InChI=1S/C40H50N4O4/c1-43(28-35(45)30-48-38-22-10-21-37-36(38)20-11-25-41-37)29-39(46)44-26-23-33(24-27-44)40(47)42-34(18-8-16-31-12-4-2-5-13-31)19-9-17-32-14-6-3-7-15-32/h2-7,10-15,20-22,25,33-35,45H,8-9,16-19,23-24,26-30H2,1H3,(H,42,47)/t35-/m1/s1. The molecule has 0 unspecified atom stereocenters. The molecule has 3 aromatic carbocycles. The van der Waals surface area contributed by atoms with Gasteiger partial charge in [0.1, 0.15) is 18.5 Å². The Bertz CT molecular complexity index is 1510. The Morgan fingerprint density at radius 1 is 0.896 bits per heavy atom. The number of fused-ring (bicyclic) bond motifs is 1. The number of carbonyl (C=O) groups is 2. The van der Waals surface area contributed by atoms with E-state index in [1.54, 1.807) is 6.20 Å². The molecule has 254 valence electrons. The summed E-state index contributed by atoms with van der Waals surface area (Å²) < 4.78 is 5.90. The number of rotatable bonds is 17. The molecule has 0 radical (unpaired) electrons. The number of amides is 2. The number of aryl methyl sites for hydroxylation is 2. The number of likely N-dealkylation sites (N-methyl/N-ethyl adjacent to an activating group) is 1. The quantitative estimate of drug-likeness (QED) is 0.153. The van der Waals surface area contributed by atoms with E-state index in [9.17, 15) is 14.7 Å². The van der Waals surface area contributed by atoms with Crippen molar-refractivity contribution in [1.82, 2.24) is 20.1 Å². The van der Waals surface area contributed by atoms with Crippen LogP contribution >= 0.6 is 0 Å². The second kappa shape index (κ2) is 18.3. The van der Waals surface area contributed by atoms with E-state index in [1.807, 2.05) is 59.3 Å². The SMILES string of the molecule is CN(CC(=O)N1CCC(C(=O)NC(CCCc2ccccc2)CCCc2ccccc2)CC1)C[C@@H](O)COc1cccc2ncccc12. The van der Waals surface area contributed by atoms with Crippen molar-refractivity contribution < 1.29 is 19.4 Å². The smallest absolute Gasteiger partial charge is 0.236 e. The van der Waals surface area contributed by atoms with Crippen molar-refractivity contribution in [2.45, 2.75) is 63.5 Å². The fraction of sp³-hybridized carbons (Fsp3) is 0.425. The summed E-state index contributed by atoms with van der Waals surface area (Å²) in [6.45, 7) is 1.77. The normalized spacial score (nSPS) is 14.4. The van der Waals surface area contributed by atoms with Gasteiger partial charge >= 0.3 is 0 Å². The predicted molar refractivity (Wildman–Crippen MR) is 191 cm³/mol. The molecule has 1 saturated heterocycles. The van der Waals surface area contributed by atoms with E-state index < -0.39 is 6.10 Å². The van der Waals surface area contributed by atoms with Crippen LogP contribution in [0.4, 0.5) is 0 Å². The molecule has 1 aromatic heterocycles. The van der Waals surface area contributed by atoms with Crippen molar-refractivity contribution in [3.05, 3.63) is 108 Å². The van der Waals surface area contributed by atoms with Gasteiger partial charge in [-0.3, -0.25) is 19.5 Å². The highest BCUT2D eigenvalue weighted by molar-refractivity contribution is 5.84. The number of nitrogens with one attached hydrogen (secondary N) is 1. The van der Waals surface area contributed by atoms with E-state index >= 15 is 0 Å². The number of aliphatic hydroxyl groups excluding tert-OH is 1. The molecule has 1 fully saturated rings.